The van der Waals surface area contributed by atoms with E-state index in [1.807, 2.05) is 74.5 Å². The van der Waals surface area contributed by atoms with Gasteiger partial charge in [-0.15, -0.1) is 11.8 Å². The fourth-order valence-electron chi connectivity index (χ4n) is 3.23. The second kappa shape index (κ2) is 11.8. The largest absolute Gasteiger partial charge is 0.494 e. The molecule has 1 atom stereocenters. The van der Waals surface area contributed by atoms with Gasteiger partial charge in [-0.05, 0) is 74.7 Å². The van der Waals surface area contributed by atoms with E-state index in [4.69, 9.17) is 16.3 Å². The van der Waals surface area contributed by atoms with Gasteiger partial charge in [0.15, 0.2) is 0 Å². The molecule has 31 heavy (non-hydrogen) atoms. The Morgan fingerprint density at radius 3 is 2.52 bits per heavy atom. The molecule has 162 valence electrons. The molecule has 3 rings (SSSR count). The topological polar surface area (TPSA) is 38.3 Å². The Morgan fingerprint density at radius 2 is 1.81 bits per heavy atom. The van der Waals surface area contributed by atoms with Crippen LogP contribution in [0.15, 0.2) is 77.7 Å². The fraction of sp³-hybridized carbons (Fsp3) is 0.269. The molecule has 1 amide bonds. The van der Waals surface area contributed by atoms with Gasteiger partial charge in [0, 0.05) is 32.8 Å². The van der Waals surface area contributed by atoms with Gasteiger partial charge >= 0.3 is 0 Å². The summed E-state index contributed by atoms with van der Waals surface area (Å²) < 4.78 is 5.78. The van der Waals surface area contributed by atoms with Gasteiger partial charge in [-0.1, -0.05) is 41.9 Å². The molecule has 0 bridgehead atoms. The van der Waals surface area contributed by atoms with Gasteiger partial charge in [-0.2, -0.15) is 0 Å². The number of hydrogen-bond donors (Lipinski definition) is 1. The molecular weight excluding hydrogens is 426 g/mol. The maximum absolute atomic E-state index is 12.8. The quantitative estimate of drug-likeness (QED) is 0.344. The molecule has 1 N–H and O–H groups in total. The number of halogens is 1. The predicted molar refractivity (Wildman–Crippen MR) is 130 cm³/mol. The Balaban J connectivity index is 1.63. The molecule has 0 aliphatic carbocycles. The Bertz CT molecular complexity index is 976. The van der Waals surface area contributed by atoms with Crippen molar-refractivity contribution in [2.75, 3.05) is 6.61 Å². The molecule has 0 spiro atoms. The first-order chi connectivity index (χ1) is 15.0. The maximum Gasteiger partial charge on any atom is 0.251 e. The predicted octanol–water partition coefficient (Wildman–Crippen LogP) is 6.78. The van der Waals surface area contributed by atoms with Crippen LogP contribution in [0.25, 0.3) is 0 Å². The van der Waals surface area contributed by atoms with Crippen LogP contribution in [0.2, 0.25) is 5.02 Å². The molecule has 5 heteroatoms. The molecule has 3 nitrogen and oxygen atoms in total. The van der Waals surface area contributed by atoms with Gasteiger partial charge in [0.05, 0.1) is 6.61 Å². The van der Waals surface area contributed by atoms with E-state index in [0.717, 1.165) is 34.1 Å². The number of amides is 1. The summed E-state index contributed by atoms with van der Waals surface area (Å²) >= 11 is 7.67. The molecule has 3 aromatic rings. The summed E-state index contributed by atoms with van der Waals surface area (Å²) in [5.74, 6) is 1.47. The monoisotopic (exact) mass is 453 g/mol. The molecule has 0 fully saturated rings. The molecule has 0 saturated heterocycles. The summed E-state index contributed by atoms with van der Waals surface area (Å²) in [5.41, 5.74) is 2.94. The van der Waals surface area contributed by atoms with Crippen LogP contribution in [-0.2, 0) is 12.2 Å². The third-order valence-electron chi connectivity index (χ3n) is 4.92. The van der Waals surface area contributed by atoms with Crippen LogP contribution in [0, 0.1) is 0 Å². The number of ether oxygens (including phenoxy) is 1. The van der Waals surface area contributed by atoms with E-state index < -0.39 is 0 Å². The second-order valence-corrected chi connectivity index (χ2v) is 8.88. The molecule has 0 aliphatic rings. The van der Waals surface area contributed by atoms with Crippen molar-refractivity contribution in [2.24, 2.45) is 0 Å². The van der Waals surface area contributed by atoms with Gasteiger partial charge in [-0.3, -0.25) is 4.79 Å². The number of carbonyl (C=O) groups is 1. The first-order valence-electron chi connectivity index (χ1n) is 10.5. The lowest BCUT2D eigenvalue weighted by molar-refractivity contribution is 0.0938. The highest BCUT2D eigenvalue weighted by Gasteiger charge is 2.13. The minimum Gasteiger partial charge on any atom is -0.494 e. The van der Waals surface area contributed by atoms with Crippen molar-refractivity contribution in [2.45, 2.75) is 43.4 Å². The summed E-state index contributed by atoms with van der Waals surface area (Å²) in [5, 5.41) is 3.85. The number of nitrogens with one attached hydrogen (secondary N) is 1. The van der Waals surface area contributed by atoms with Gasteiger partial charge in [0.2, 0.25) is 0 Å². The lowest BCUT2D eigenvalue weighted by atomic mass is 10.1. The number of benzene rings is 3. The Morgan fingerprint density at radius 1 is 1.06 bits per heavy atom. The molecular formula is C26H28ClNO2S. The van der Waals surface area contributed by atoms with Crippen LogP contribution in [0.5, 0.6) is 5.75 Å². The molecule has 0 heterocycles. The molecule has 0 radical (unpaired) electrons. The smallest absolute Gasteiger partial charge is 0.251 e. The van der Waals surface area contributed by atoms with Crippen molar-refractivity contribution < 1.29 is 9.53 Å². The average molecular weight is 454 g/mol. The minimum atomic E-state index is -0.0543. The average Bonchev–Trinajstić information content (AvgIpc) is 2.79. The van der Waals surface area contributed by atoms with Crippen molar-refractivity contribution in [1.82, 2.24) is 5.32 Å². The first kappa shape index (κ1) is 23.2. The first-order valence-corrected chi connectivity index (χ1v) is 11.9. The van der Waals surface area contributed by atoms with Crippen LogP contribution in [0.1, 0.15) is 41.8 Å². The number of thioether (sulfide) groups is 1. The highest BCUT2D eigenvalue weighted by atomic mass is 35.5. The van der Waals surface area contributed by atoms with Crippen molar-refractivity contribution in [3.05, 3.63) is 94.5 Å². The third-order valence-corrected chi connectivity index (χ3v) is 6.23. The minimum absolute atomic E-state index is 0.0543. The molecule has 0 aliphatic heterocycles. The summed E-state index contributed by atoms with van der Waals surface area (Å²) in [7, 11) is 0. The summed E-state index contributed by atoms with van der Waals surface area (Å²) in [4.78, 5) is 13.9. The SMILES string of the molecule is CCOc1ccc(C(=O)N[C@@H](C)CCc2ccccc2)cc1CSc1ccc(Cl)cc1. The van der Waals surface area contributed by atoms with Crippen molar-refractivity contribution in [3.8, 4) is 5.75 Å². The zero-order chi connectivity index (χ0) is 22.1. The third kappa shape index (κ3) is 7.34. The van der Waals surface area contributed by atoms with Crippen molar-refractivity contribution in [1.29, 1.82) is 0 Å². The highest BCUT2D eigenvalue weighted by molar-refractivity contribution is 7.98. The molecule has 3 aromatic carbocycles. The zero-order valence-electron chi connectivity index (χ0n) is 17.9. The Labute approximate surface area is 194 Å². The van der Waals surface area contributed by atoms with E-state index in [1.54, 1.807) is 11.8 Å². The van der Waals surface area contributed by atoms with E-state index >= 15 is 0 Å². The maximum atomic E-state index is 12.8. The van der Waals surface area contributed by atoms with Gasteiger partial charge in [0.25, 0.3) is 5.91 Å². The molecule has 0 unspecified atom stereocenters. The number of rotatable bonds is 10. The van der Waals surface area contributed by atoms with Crippen molar-refractivity contribution in [3.63, 3.8) is 0 Å². The van der Waals surface area contributed by atoms with Crippen LogP contribution in [-0.4, -0.2) is 18.6 Å². The Kier molecular flexibility index (Phi) is 8.86. The van der Waals surface area contributed by atoms with Crippen LogP contribution in [0.3, 0.4) is 0 Å². The van der Waals surface area contributed by atoms with Gasteiger partial charge in [0.1, 0.15) is 5.75 Å². The normalized spacial score (nSPS) is 11.7. The molecule has 0 saturated carbocycles. The highest BCUT2D eigenvalue weighted by Crippen LogP contribution is 2.30. The Hall–Kier alpha value is -2.43. The van der Waals surface area contributed by atoms with E-state index in [2.05, 4.69) is 17.4 Å². The van der Waals surface area contributed by atoms with E-state index in [1.165, 1.54) is 5.56 Å². The van der Waals surface area contributed by atoms with E-state index in [0.29, 0.717) is 17.9 Å². The lowest BCUT2D eigenvalue weighted by Gasteiger charge is -2.16. The fourth-order valence-corrected chi connectivity index (χ4v) is 4.23. The van der Waals surface area contributed by atoms with E-state index in [9.17, 15) is 4.79 Å². The number of carbonyl (C=O) groups excluding carboxylic acids is 1. The standard InChI is InChI=1S/C26H28ClNO2S/c1-3-30-25-16-11-21(17-22(25)18-31-24-14-12-23(27)13-15-24)26(29)28-19(2)9-10-20-7-5-4-6-8-20/h4-8,11-17,19H,3,9-10,18H2,1-2H3,(H,28,29)/t19-/m0/s1. The summed E-state index contributed by atoms with van der Waals surface area (Å²) in [6.45, 7) is 4.60. The number of hydrogen-bond acceptors (Lipinski definition) is 3. The van der Waals surface area contributed by atoms with Gasteiger partial charge in [-0.25, -0.2) is 0 Å². The summed E-state index contributed by atoms with van der Waals surface area (Å²) in [6, 6.07) is 23.9. The van der Waals surface area contributed by atoms with Crippen LogP contribution >= 0.6 is 23.4 Å². The van der Waals surface area contributed by atoms with E-state index in [-0.39, 0.29) is 11.9 Å². The van der Waals surface area contributed by atoms with Crippen molar-refractivity contribution >= 4 is 29.3 Å². The zero-order valence-corrected chi connectivity index (χ0v) is 19.5. The lowest BCUT2D eigenvalue weighted by Crippen LogP contribution is -2.33. The van der Waals surface area contributed by atoms with Crippen LogP contribution in [0.4, 0.5) is 0 Å². The molecule has 0 aromatic heterocycles. The van der Waals surface area contributed by atoms with Crippen LogP contribution < -0.4 is 10.1 Å². The summed E-state index contributed by atoms with van der Waals surface area (Å²) in [6.07, 6.45) is 1.83. The number of aryl methyl sites for hydroxylation is 1. The van der Waals surface area contributed by atoms with Gasteiger partial charge < -0.3 is 10.1 Å². The second-order valence-electron chi connectivity index (χ2n) is 7.40.